The molecular weight excluding hydrogens is 332 g/mol. The number of hydrogen-bond donors (Lipinski definition) is 1. The zero-order valence-corrected chi connectivity index (χ0v) is 10.2. The maximum Gasteiger partial charge on any atom is 0.431 e. The van der Waals surface area contributed by atoms with Crippen LogP contribution in [-0.2, 0) is 6.18 Å². The molecule has 2 aromatic rings. The molecule has 2 heterocycles. The van der Waals surface area contributed by atoms with E-state index < -0.39 is 11.9 Å². The molecule has 0 atom stereocenters. The lowest BCUT2D eigenvalue weighted by Crippen LogP contribution is -2.04. The van der Waals surface area contributed by atoms with Crippen LogP contribution in [0.15, 0.2) is 42.7 Å². The summed E-state index contributed by atoms with van der Waals surface area (Å²) in [6, 6.07) is 8.11. The van der Waals surface area contributed by atoms with Crippen LogP contribution in [0.3, 0.4) is 0 Å². The normalized spacial score (nSPS) is 10.5. The Morgan fingerprint density at radius 3 is 1.88 bits per heavy atom. The summed E-state index contributed by atoms with van der Waals surface area (Å²) in [5.41, 5.74) is -0.697. The molecule has 2 rings (SSSR count). The van der Waals surface area contributed by atoms with E-state index in [1.165, 1.54) is 6.07 Å². The summed E-state index contributed by atoms with van der Waals surface area (Å²) < 4.78 is 35.8. The maximum absolute atomic E-state index is 11.8. The molecule has 0 radical (unpaired) electrons. The van der Waals surface area contributed by atoms with Gasteiger partial charge in [-0.1, -0.05) is 6.07 Å². The van der Waals surface area contributed by atoms with Crippen LogP contribution in [-0.4, -0.2) is 9.97 Å². The zero-order chi connectivity index (χ0) is 12.0. The highest BCUT2D eigenvalue weighted by molar-refractivity contribution is 14.1. The number of aromatic amines is 1. The lowest BCUT2D eigenvalue weighted by Gasteiger charge is -2.00. The first-order valence-electron chi connectivity index (χ1n) is 4.27. The zero-order valence-electron chi connectivity index (χ0n) is 8.00. The van der Waals surface area contributed by atoms with Crippen molar-refractivity contribution >= 4 is 22.6 Å². The van der Waals surface area contributed by atoms with Crippen LogP contribution in [0.25, 0.3) is 0 Å². The van der Waals surface area contributed by atoms with Crippen LogP contribution >= 0.6 is 22.6 Å². The van der Waals surface area contributed by atoms with Gasteiger partial charge in [-0.3, -0.25) is 4.98 Å². The molecule has 86 valence electrons. The Balaban J connectivity index is 0.000000181. The Hall–Kier alpha value is -1.05. The summed E-state index contributed by atoms with van der Waals surface area (Å²) in [6.45, 7) is 0. The number of pyridine rings is 1. The predicted octanol–water partition coefficient (Wildman–Crippen LogP) is 3.72. The van der Waals surface area contributed by atoms with Crippen LogP contribution in [0, 0.1) is 3.70 Å². The second-order valence-electron chi connectivity index (χ2n) is 2.74. The molecule has 0 aliphatic heterocycles. The van der Waals surface area contributed by atoms with Gasteiger partial charge in [0.15, 0.2) is 0 Å². The van der Waals surface area contributed by atoms with E-state index in [9.17, 15) is 13.2 Å². The van der Waals surface area contributed by atoms with Gasteiger partial charge in [0.05, 0.1) is 3.70 Å². The molecule has 0 amide bonds. The van der Waals surface area contributed by atoms with E-state index in [0.29, 0.717) is 3.70 Å². The van der Waals surface area contributed by atoms with Crippen LogP contribution < -0.4 is 0 Å². The summed E-state index contributed by atoms with van der Waals surface area (Å²) in [5.74, 6) is 0. The number of halogens is 4. The van der Waals surface area contributed by atoms with E-state index in [1.54, 1.807) is 35.0 Å². The molecule has 0 unspecified atom stereocenters. The van der Waals surface area contributed by atoms with Gasteiger partial charge in [-0.25, -0.2) is 0 Å². The maximum atomic E-state index is 11.8. The molecule has 0 saturated heterocycles. The first kappa shape index (κ1) is 13.0. The smallest absolute Gasteiger partial charge is 0.347 e. The average molecular weight is 340 g/mol. The van der Waals surface area contributed by atoms with Gasteiger partial charge in [0.1, 0.15) is 5.69 Å². The molecule has 2 nitrogen and oxygen atoms in total. The Labute approximate surface area is 104 Å². The number of aromatic nitrogens is 2. The summed E-state index contributed by atoms with van der Waals surface area (Å²) >= 11 is 1.79. The highest BCUT2D eigenvalue weighted by Crippen LogP contribution is 2.28. The monoisotopic (exact) mass is 340 g/mol. The summed E-state index contributed by atoms with van der Waals surface area (Å²) in [5, 5.41) is 0. The van der Waals surface area contributed by atoms with E-state index in [4.69, 9.17) is 0 Å². The Morgan fingerprint density at radius 2 is 1.69 bits per heavy atom. The fourth-order valence-electron chi connectivity index (χ4n) is 0.846. The number of hydrogen-bond acceptors (Lipinski definition) is 1. The first-order valence-corrected chi connectivity index (χ1v) is 5.35. The number of rotatable bonds is 0. The molecule has 1 N–H and O–H groups in total. The van der Waals surface area contributed by atoms with Crippen LogP contribution in [0.4, 0.5) is 13.2 Å². The second kappa shape index (κ2) is 5.88. The van der Waals surface area contributed by atoms with E-state index in [2.05, 4.69) is 9.97 Å². The van der Waals surface area contributed by atoms with Gasteiger partial charge >= 0.3 is 6.18 Å². The summed E-state index contributed by atoms with van der Waals surface area (Å²) in [7, 11) is 0. The van der Waals surface area contributed by atoms with Crippen molar-refractivity contribution in [3.05, 3.63) is 52.1 Å². The van der Waals surface area contributed by atoms with Crippen molar-refractivity contribution in [1.82, 2.24) is 9.97 Å². The van der Waals surface area contributed by atoms with E-state index >= 15 is 0 Å². The van der Waals surface area contributed by atoms with Crippen LogP contribution in [0.5, 0.6) is 0 Å². The number of alkyl halides is 3. The molecule has 6 heteroatoms. The molecule has 0 bridgehead atoms. The molecule has 0 spiro atoms. The van der Waals surface area contributed by atoms with E-state index in [1.807, 2.05) is 18.2 Å². The first-order chi connectivity index (χ1) is 7.50. The SMILES string of the molecule is FC(F)(F)c1ccc(I)[nH]1.c1ccncc1. The summed E-state index contributed by atoms with van der Waals surface area (Å²) in [6.07, 6.45) is -0.747. The highest BCUT2D eigenvalue weighted by Gasteiger charge is 2.31. The van der Waals surface area contributed by atoms with Gasteiger partial charge in [0.2, 0.25) is 0 Å². The molecule has 0 aliphatic carbocycles. The molecule has 16 heavy (non-hydrogen) atoms. The van der Waals surface area contributed by atoms with E-state index in [0.717, 1.165) is 6.07 Å². The van der Waals surface area contributed by atoms with Crippen molar-refractivity contribution in [1.29, 1.82) is 0 Å². The molecule has 0 aromatic carbocycles. The van der Waals surface area contributed by atoms with Crippen molar-refractivity contribution in [2.45, 2.75) is 6.18 Å². The quantitative estimate of drug-likeness (QED) is 0.728. The van der Waals surface area contributed by atoms with Gasteiger partial charge in [-0.15, -0.1) is 0 Å². The molecular formula is C10H8F3IN2. The number of H-pyrrole nitrogens is 1. The van der Waals surface area contributed by atoms with Crippen molar-refractivity contribution in [2.24, 2.45) is 0 Å². The molecule has 0 fully saturated rings. The lowest BCUT2D eigenvalue weighted by molar-refractivity contribution is -0.140. The number of nitrogens with zero attached hydrogens (tertiary/aromatic N) is 1. The van der Waals surface area contributed by atoms with Gasteiger partial charge in [-0.2, -0.15) is 13.2 Å². The van der Waals surface area contributed by atoms with Gasteiger partial charge in [0, 0.05) is 12.4 Å². The van der Waals surface area contributed by atoms with Crippen molar-refractivity contribution in [2.75, 3.05) is 0 Å². The minimum absolute atomic E-state index is 0.491. The van der Waals surface area contributed by atoms with Crippen molar-refractivity contribution < 1.29 is 13.2 Å². The predicted molar refractivity (Wildman–Crippen MR) is 62.7 cm³/mol. The van der Waals surface area contributed by atoms with Crippen molar-refractivity contribution in [3.8, 4) is 0 Å². The standard InChI is InChI=1S/C5H3F3IN.C5H5N/c6-5(7,8)3-1-2-4(9)10-3;1-2-4-6-5-3-1/h1-2,10H;1-5H. The largest absolute Gasteiger partial charge is 0.431 e. The van der Waals surface area contributed by atoms with Crippen LogP contribution in [0.2, 0.25) is 0 Å². The lowest BCUT2D eigenvalue weighted by atomic mass is 10.4. The van der Waals surface area contributed by atoms with E-state index in [-0.39, 0.29) is 0 Å². The summed E-state index contributed by atoms with van der Waals surface area (Å²) in [4.78, 5) is 5.96. The third-order valence-electron chi connectivity index (χ3n) is 1.52. The highest BCUT2D eigenvalue weighted by atomic mass is 127. The average Bonchev–Trinajstić information content (AvgIpc) is 2.68. The fraction of sp³-hybridized carbons (Fsp3) is 0.100. The topological polar surface area (TPSA) is 28.7 Å². The van der Waals surface area contributed by atoms with Gasteiger partial charge < -0.3 is 4.98 Å². The fourth-order valence-corrected chi connectivity index (χ4v) is 1.32. The molecule has 0 saturated carbocycles. The second-order valence-corrected chi connectivity index (χ2v) is 3.90. The third kappa shape index (κ3) is 4.65. The minimum Gasteiger partial charge on any atom is -0.347 e. The van der Waals surface area contributed by atoms with Gasteiger partial charge in [0.25, 0.3) is 0 Å². The molecule has 0 aliphatic rings. The Morgan fingerprint density at radius 1 is 1.06 bits per heavy atom. The Kier molecular flexibility index (Phi) is 4.78. The van der Waals surface area contributed by atoms with Crippen LogP contribution in [0.1, 0.15) is 5.69 Å². The van der Waals surface area contributed by atoms with Gasteiger partial charge in [-0.05, 0) is 46.9 Å². The van der Waals surface area contributed by atoms with Crippen molar-refractivity contribution in [3.63, 3.8) is 0 Å². The molecule has 2 aromatic heterocycles. The number of nitrogens with one attached hydrogen (secondary N) is 1. The minimum atomic E-state index is -4.25. The Bertz CT molecular complexity index is 385. The third-order valence-corrected chi connectivity index (χ3v) is 2.15.